The molecule has 0 unspecified atom stereocenters. The number of nitrogens with zero attached hydrogens (tertiary/aromatic N) is 2. The van der Waals surface area contributed by atoms with E-state index >= 15 is 0 Å². The number of carbonyl (C=O) groups is 2. The van der Waals surface area contributed by atoms with Crippen molar-refractivity contribution in [2.45, 2.75) is 39.5 Å². The first-order chi connectivity index (χ1) is 17.3. The van der Waals surface area contributed by atoms with Gasteiger partial charge in [-0.25, -0.2) is 4.79 Å². The fraction of sp³-hybridized carbons (Fsp3) is 0.333. The van der Waals surface area contributed by atoms with Crippen molar-refractivity contribution in [1.82, 2.24) is 15.1 Å². The average molecular weight is 486 g/mol. The van der Waals surface area contributed by atoms with Crippen LogP contribution >= 0.6 is 0 Å². The van der Waals surface area contributed by atoms with Crippen LogP contribution in [-0.2, 0) is 17.8 Å². The summed E-state index contributed by atoms with van der Waals surface area (Å²) in [7, 11) is 0. The fourth-order valence-corrected chi connectivity index (χ4v) is 4.22. The van der Waals surface area contributed by atoms with Gasteiger partial charge in [-0.3, -0.25) is 9.69 Å². The predicted octanol–water partition coefficient (Wildman–Crippen LogP) is 5.34. The molecule has 1 fully saturated rings. The lowest BCUT2D eigenvalue weighted by Gasteiger charge is -2.35. The standard InChI is InChI=1S/C30H35N3O3/c1-30(2,3)36-29(35)33-18-16-32(17-19-33)22-24-10-7-11-27(20-24)25-12-14-26(15-13-25)28(34)31-21-23-8-5-4-6-9-23/h4-15,20H,16-19,21-22H2,1-3H3,(H,31,34). The number of hydrogen-bond acceptors (Lipinski definition) is 4. The van der Waals surface area contributed by atoms with Gasteiger partial charge in [-0.05, 0) is 61.2 Å². The molecule has 0 atom stereocenters. The van der Waals surface area contributed by atoms with E-state index in [4.69, 9.17) is 4.74 Å². The van der Waals surface area contributed by atoms with Gasteiger partial charge in [0.05, 0.1) is 0 Å². The number of hydrogen-bond donors (Lipinski definition) is 1. The fourth-order valence-electron chi connectivity index (χ4n) is 4.22. The molecule has 1 aliphatic rings. The monoisotopic (exact) mass is 485 g/mol. The van der Waals surface area contributed by atoms with Gasteiger partial charge >= 0.3 is 6.09 Å². The zero-order valence-electron chi connectivity index (χ0n) is 21.4. The summed E-state index contributed by atoms with van der Waals surface area (Å²) < 4.78 is 5.50. The quantitative estimate of drug-likeness (QED) is 0.512. The van der Waals surface area contributed by atoms with Crippen molar-refractivity contribution in [1.29, 1.82) is 0 Å². The third-order valence-corrected chi connectivity index (χ3v) is 6.13. The Hall–Kier alpha value is -3.64. The van der Waals surface area contributed by atoms with E-state index < -0.39 is 5.60 Å². The minimum absolute atomic E-state index is 0.0790. The molecule has 0 radical (unpaired) electrons. The first-order valence-electron chi connectivity index (χ1n) is 12.5. The molecule has 1 N–H and O–H groups in total. The van der Waals surface area contributed by atoms with Gasteiger partial charge in [0.1, 0.15) is 5.60 Å². The summed E-state index contributed by atoms with van der Waals surface area (Å²) >= 11 is 0. The number of piperazine rings is 1. The van der Waals surface area contributed by atoms with Crippen LogP contribution in [0.4, 0.5) is 4.79 Å². The smallest absolute Gasteiger partial charge is 0.410 e. The van der Waals surface area contributed by atoms with Crippen LogP contribution in [0.5, 0.6) is 0 Å². The summed E-state index contributed by atoms with van der Waals surface area (Å²) in [5, 5.41) is 2.97. The molecular weight excluding hydrogens is 450 g/mol. The zero-order valence-corrected chi connectivity index (χ0v) is 21.4. The van der Waals surface area contributed by atoms with Crippen molar-refractivity contribution in [2.24, 2.45) is 0 Å². The highest BCUT2D eigenvalue weighted by atomic mass is 16.6. The van der Waals surface area contributed by atoms with Gasteiger partial charge in [0.15, 0.2) is 0 Å². The molecule has 3 aromatic rings. The van der Waals surface area contributed by atoms with E-state index in [2.05, 4.69) is 34.5 Å². The highest BCUT2D eigenvalue weighted by molar-refractivity contribution is 5.94. The first-order valence-corrected chi connectivity index (χ1v) is 12.5. The van der Waals surface area contributed by atoms with E-state index in [0.29, 0.717) is 25.2 Å². The molecule has 6 heteroatoms. The molecule has 0 aliphatic carbocycles. The lowest BCUT2D eigenvalue weighted by atomic mass is 10.0. The van der Waals surface area contributed by atoms with Crippen molar-refractivity contribution >= 4 is 12.0 Å². The normalized spacial score (nSPS) is 14.4. The molecule has 0 bridgehead atoms. The Kier molecular flexibility index (Phi) is 8.06. The van der Waals surface area contributed by atoms with Crippen molar-refractivity contribution in [2.75, 3.05) is 26.2 Å². The van der Waals surface area contributed by atoms with Gasteiger partial charge in [-0.2, -0.15) is 0 Å². The maximum atomic E-state index is 12.5. The molecule has 188 valence electrons. The number of nitrogens with one attached hydrogen (secondary N) is 1. The summed E-state index contributed by atoms with van der Waals surface area (Å²) in [5.41, 5.74) is 4.67. The maximum Gasteiger partial charge on any atom is 0.410 e. The third kappa shape index (κ3) is 7.18. The Bertz CT molecular complexity index is 1160. The number of carbonyl (C=O) groups excluding carboxylic acids is 2. The first kappa shape index (κ1) is 25.5. The van der Waals surface area contributed by atoms with Gasteiger partial charge in [-0.1, -0.05) is 60.7 Å². The van der Waals surface area contributed by atoms with Crippen LogP contribution in [0.2, 0.25) is 0 Å². The van der Waals surface area contributed by atoms with E-state index in [1.54, 1.807) is 4.90 Å². The van der Waals surface area contributed by atoms with Crippen molar-refractivity contribution in [3.05, 3.63) is 95.6 Å². The van der Waals surface area contributed by atoms with Crippen LogP contribution in [0.25, 0.3) is 11.1 Å². The Morgan fingerprint density at radius 1 is 0.806 bits per heavy atom. The van der Waals surface area contributed by atoms with Crippen LogP contribution in [0.3, 0.4) is 0 Å². The minimum atomic E-state index is -0.473. The molecule has 1 saturated heterocycles. The molecule has 6 nitrogen and oxygen atoms in total. The number of rotatable bonds is 6. The molecule has 2 amide bonds. The number of ether oxygens (including phenoxy) is 1. The second kappa shape index (κ2) is 11.4. The molecule has 0 aromatic heterocycles. The third-order valence-electron chi connectivity index (χ3n) is 6.13. The predicted molar refractivity (Wildman–Crippen MR) is 143 cm³/mol. The van der Waals surface area contributed by atoms with Crippen LogP contribution in [-0.4, -0.2) is 53.6 Å². The van der Waals surface area contributed by atoms with Crippen LogP contribution in [0, 0.1) is 0 Å². The molecule has 0 saturated carbocycles. The average Bonchev–Trinajstić information content (AvgIpc) is 2.87. The van der Waals surface area contributed by atoms with E-state index in [1.807, 2.05) is 75.4 Å². The summed E-state index contributed by atoms with van der Waals surface area (Å²) in [5.74, 6) is -0.0790. The van der Waals surface area contributed by atoms with Crippen molar-refractivity contribution < 1.29 is 14.3 Å². The maximum absolute atomic E-state index is 12.5. The van der Waals surface area contributed by atoms with Crippen molar-refractivity contribution in [3.8, 4) is 11.1 Å². The highest BCUT2D eigenvalue weighted by Crippen LogP contribution is 2.22. The van der Waals surface area contributed by atoms with E-state index in [0.717, 1.165) is 36.3 Å². The van der Waals surface area contributed by atoms with Crippen LogP contribution in [0.15, 0.2) is 78.9 Å². The summed E-state index contributed by atoms with van der Waals surface area (Å²) in [6.45, 7) is 9.98. The van der Waals surface area contributed by atoms with Gasteiger partial charge in [0, 0.05) is 44.8 Å². The van der Waals surface area contributed by atoms with Gasteiger partial charge in [-0.15, -0.1) is 0 Å². The molecule has 36 heavy (non-hydrogen) atoms. The molecule has 4 rings (SSSR count). The van der Waals surface area contributed by atoms with Crippen LogP contribution < -0.4 is 5.32 Å². The second-order valence-corrected chi connectivity index (χ2v) is 10.2. The molecule has 3 aromatic carbocycles. The SMILES string of the molecule is CC(C)(C)OC(=O)N1CCN(Cc2cccc(-c3ccc(C(=O)NCc4ccccc4)cc3)c2)CC1. The summed E-state index contributed by atoms with van der Waals surface area (Å²) in [6, 6.07) is 26.1. The van der Waals surface area contributed by atoms with Gasteiger partial charge in [0.2, 0.25) is 0 Å². The minimum Gasteiger partial charge on any atom is -0.444 e. The largest absolute Gasteiger partial charge is 0.444 e. The lowest BCUT2D eigenvalue weighted by molar-refractivity contribution is 0.0139. The Morgan fingerprint density at radius 2 is 1.47 bits per heavy atom. The molecule has 1 aliphatic heterocycles. The van der Waals surface area contributed by atoms with E-state index in [1.165, 1.54) is 5.56 Å². The topological polar surface area (TPSA) is 61.9 Å². The summed E-state index contributed by atoms with van der Waals surface area (Å²) in [4.78, 5) is 29.0. The Morgan fingerprint density at radius 3 is 2.14 bits per heavy atom. The molecular formula is C30H35N3O3. The Balaban J connectivity index is 1.31. The summed E-state index contributed by atoms with van der Waals surface area (Å²) in [6.07, 6.45) is -0.235. The number of amides is 2. The Labute approximate surface area is 213 Å². The van der Waals surface area contributed by atoms with Gasteiger partial charge < -0.3 is 15.0 Å². The van der Waals surface area contributed by atoms with E-state index in [-0.39, 0.29) is 12.0 Å². The van der Waals surface area contributed by atoms with Crippen LogP contribution in [0.1, 0.15) is 42.3 Å². The van der Waals surface area contributed by atoms with E-state index in [9.17, 15) is 9.59 Å². The zero-order chi connectivity index (χ0) is 25.5. The molecule has 0 spiro atoms. The lowest BCUT2D eigenvalue weighted by Crippen LogP contribution is -2.49. The molecule has 1 heterocycles. The second-order valence-electron chi connectivity index (χ2n) is 10.2. The van der Waals surface area contributed by atoms with Gasteiger partial charge in [0.25, 0.3) is 5.91 Å². The highest BCUT2D eigenvalue weighted by Gasteiger charge is 2.25. The van der Waals surface area contributed by atoms with Crippen molar-refractivity contribution in [3.63, 3.8) is 0 Å². The number of benzene rings is 3.